The lowest BCUT2D eigenvalue weighted by atomic mass is 10.0. The van der Waals surface area contributed by atoms with Gasteiger partial charge >= 0.3 is 0 Å². The van der Waals surface area contributed by atoms with Crippen molar-refractivity contribution in [2.45, 2.75) is 33.1 Å². The summed E-state index contributed by atoms with van der Waals surface area (Å²) in [5, 5.41) is 3.02. The van der Waals surface area contributed by atoms with E-state index in [1.54, 1.807) is 6.07 Å². The van der Waals surface area contributed by atoms with Crippen LogP contribution in [-0.4, -0.2) is 25.5 Å². The molecule has 5 heteroatoms. The highest BCUT2D eigenvalue weighted by atomic mass is 19.2. The maximum Gasteiger partial charge on any atom is 0.223 e. The number of carbonyl (C=O) groups is 1. The Hall–Kier alpha value is -1.65. The van der Waals surface area contributed by atoms with E-state index in [2.05, 4.69) is 5.32 Å². The molecule has 1 aliphatic heterocycles. The minimum absolute atomic E-state index is 0.0868. The van der Waals surface area contributed by atoms with Gasteiger partial charge in [0.2, 0.25) is 5.91 Å². The van der Waals surface area contributed by atoms with Crippen LogP contribution >= 0.6 is 0 Å². The van der Waals surface area contributed by atoms with Crippen LogP contribution in [0.3, 0.4) is 0 Å². The molecule has 1 amide bonds. The van der Waals surface area contributed by atoms with Crippen molar-refractivity contribution < 1.29 is 13.6 Å². The summed E-state index contributed by atoms with van der Waals surface area (Å²) in [7, 11) is 0. The minimum Gasteiger partial charge on any atom is -0.371 e. The highest BCUT2D eigenvalue weighted by molar-refractivity contribution is 5.78. The first-order valence-electron chi connectivity index (χ1n) is 8.02. The first kappa shape index (κ1) is 16.7. The summed E-state index contributed by atoms with van der Waals surface area (Å²) >= 11 is 0. The molecule has 0 saturated carbocycles. The fraction of sp³-hybridized carbons (Fsp3) is 0.588. The van der Waals surface area contributed by atoms with Crippen LogP contribution in [-0.2, 0) is 4.79 Å². The molecule has 0 spiro atoms. The van der Waals surface area contributed by atoms with Crippen molar-refractivity contribution in [2.24, 2.45) is 11.8 Å². The Labute approximate surface area is 130 Å². The summed E-state index contributed by atoms with van der Waals surface area (Å²) in [6.45, 7) is 6.25. The van der Waals surface area contributed by atoms with E-state index in [0.717, 1.165) is 38.4 Å². The van der Waals surface area contributed by atoms with Crippen molar-refractivity contribution >= 4 is 11.6 Å². The summed E-state index contributed by atoms with van der Waals surface area (Å²) in [5.74, 6) is -1.08. The van der Waals surface area contributed by atoms with Gasteiger partial charge in [0.05, 0.1) is 0 Å². The Morgan fingerprint density at radius 1 is 1.32 bits per heavy atom. The van der Waals surface area contributed by atoms with Gasteiger partial charge in [0.15, 0.2) is 11.6 Å². The SMILES string of the molecule is CCC(CC)C(=O)NCC1CCN(c2ccc(F)c(F)c2)C1. The van der Waals surface area contributed by atoms with Crippen LogP contribution in [0.25, 0.3) is 0 Å². The van der Waals surface area contributed by atoms with E-state index in [-0.39, 0.29) is 11.8 Å². The zero-order chi connectivity index (χ0) is 16.1. The summed E-state index contributed by atoms with van der Waals surface area (Å²) in [5.41, 5.74) is 0.702. The molecular weight excluding hydrogens is 286 g/mol. The molecule has 1 aromatic rings. The predicted molar refractivity (Wildman–Crippen MR) is 83.8 cm³/mol. The minimum atomic E-state index is -0.822. The largest absolute Gasteiger partial charge is 0.371 e. The molecule has 0 aromatic heterocycles. The number of amides is 1. The fourth-order valence-electron chi connectivity index (χ4n) is 2.96. The van der Waals surface area contributed by atoms with E-state index in [1.165, 1.54) is 6.07 Å². The highest BCUT2D eigenvalue weighted by Gasteiger charge is 2.24. The molecule has 0 aliphatic carbocycles. The van der Waals surface area contributed by atoms with Crippen LogP contribution in [0.15, 0.2) is 18.2 Å². The van der Waals surface area contributed by atoms with Gasteiger partial charge in [0, 0.05) is 37.3 Å². The average molecular weight is 310 g/mol. The zero-order valence-corrected chi connectivity index (χ0v) is 13.2. The van der Waals surface area contributed by atoms with Gasteiger partial charge in [-0.15, -0.1) is 0 Å². The van der Waals surface area contributed by atoms with E-state index in [4.69, 9.17) is 0 Å². The van der Waals surface area contributed by atoms with Gasteiger partial charge in [-0.25, -0.2) is 8.78 Å². The van der Waals surface area contributed by atoms with Crippen molar-refractivity contribution in [1.29, 1.82) is 0 Å². The quantitative estimate of drug-likeness (QED) is 0.874. The molecule has 2 rings (SSSR count). The van der Waals surface area contributed by atoms with Crippen molar-refractivity contribution in [2.75, 3.05) is 24.5 Å². The maximum atomic E-state index is 13.3. The highest BCUT2D eigenvalue weighted by Crippen LogP contribution is 2.25. The molecule has 22 heavy (non-hydrogen) atoms. The number of nitrogens with one attached hydrogen (secondary N) is 1. The van der Waals surface area contributed by atoms with Crippen molar-refractivity contribution in [1.82, 2.24) is 5.32 Å². The van der Waals surface area contributed by atoms with Crippen LogP contribution in [0.2, 0.25) is 0 Å². The van der Waals surface area contributed by atoms with E-state index >= 15 is 0 Å². The van der Waals surface area contributed by atoms with E-state index in [9.17, 15) is 13.6 Å². The van der Waals surface area contributed by atoms with Gasteiger partial charge in [-0.05, 0) is 37.3 Å². The maximum absolute atomic E-state index is 13.3. The second-order valence-corrected chi connectivity index (χ2v) is 5.96. The van der Waals surface area contributed by atoms with Crippen molar-refractivity contribution in [3.8, 4) is 0 Å². The van der Waals surface area contributed by atoms with E-state index in [1.807, 2.05) is 18.7 Å². The topological polar surface area (TPSA) is 32.3 Å². The van der Waals surface area contributed by atoms with Crippen molar-refractivity contribution in [3.05, 3.63) is 29.8 Å². The average Bonchev–Trinajstić information content (AvgIpc) is 2.98. The van der Waals surface area contributed by atoms with Gasteiger partial charge in [-0.2, -0.15) is 0 Å². The van der Waals surface area contributed by atoms with Crippen LogP contribution in [0, 0.1) is 23.5 Å². The number of anilines is 1. The lowest BCUT2D eigenvalue weighted by molar-refractivity contribution is -0.125. The number of halogens is 2. The third-order valence-corrected chi connectivity index (χ3v) is 4.48. The predicted octanol–water partition coefficient (Wildman–Crippen LogP) is 3.34. The van der Waals surface area contributed by atoms with Gasteiger partial charge < -0.3 is 10.2 Å². The summed E-state index contributed by atoms with van der Waals surface area (Å²) in [6.07, 6.45) is 2.66. The number of hydrogen-bond donors (Lipinski definition) is 1. The molecule has 3 nitrogen and oxygen atoms in total. The molecule has 1 fully saturated rings. The zero-order valence-electron chi connectivity index (χ0n) is 13.2. The second kappa shape index (κ2) is 7.56. The summed E-state index contributed by atoms with van der Waals surface area (Å²) < 4.78 is 26.3. The van der Waals surface area contributed by atoms with Crippen LogP contribution in [0.5, 0.6) is 0 Å². The van der Waals surface area contributed by atoms with Crippen LogP contribution in [0.4, 0.5) is 14.5 Å². The number of benzene rings is 1. The molecule has 1 atom stereocenters. The normalized spacial score (nSPS) is 18.0. The van der Waals surface area contributed by atoms with Crippen molar-refractivity contribution in [3.63, 3.8) is 0 Å². The van der Waals surface area contributed by atoms with E-state index < -0.39 is 11.6 Å². The molecule has 122 valence electrons. The monoisotopic (exact) mass is 310 g/mol. The Morgan fingerprint density at radius 3 is 2.68 bits per heavy atom. The lowest BCUT2D eigenvalue weighted by Gasteiger charge is -2.19. The lowest BCUT2D eigenvalue weighted by Crippen LogP contribution is -2.35. The third-order valence-electron chi connectivity index (χ3n) is 4.48. The summed E-state index contributed by atoms with van der Waals surface area (Å²) in [4.78, 5) is 14.0. The smallest absolute Gasteiger partial charge is 0.223 e. The van der Waals surface area contributed by atoms with Gasteiger partial charge in [-0.1, -0.05) is 13.8 Å². The summed E-state index contributed by atoms with van der Waals surface area (Å²) in [6, 6.07) is 4.00. The fourth-order valence-corrected chi connectivity index (χ4v) is 2.96. The molecule has 1 aromatic carbocycles. The first-order valence-corrected chi connectivity index (χ1v) is 8.02. The molecular formula is C17H24F2N2O. The Morgan fingerprint density at radius 2 is 2.05 bits per heavy atom. The number of hydrogen-bond acceptors (Lipinski definition) is 2. The Balaban J connectivity index is 1.85. The molecule has 1 heterocycles. The van der Waals surface area contributed by atoms with E-state index in [0.29, 0.717) is 18.2 Å². The molecule has 1 aliphatic rings. The second-order valence-electron chi connectivity index (χ2n) is 5.96. The first-order chi connectivity index (χ1) is 10.5. The molecule has 1 unspecified atom stereocenters. The number of rotatable bonds is 6. The molecule has 0 radical (unpaired) electrons. The van der Waals surface area contributed by atoms with Crippen LogP contribution in [0.1, 0.15) is 33.1 Å². The molecule has 0 bridgehead atoms. The van der Waals surface area contributed by atoms with Crippen LogP contribution < -0.4 is 10.2 Å². The number of carbonyl (C=O) groups excluding carboxylic acids is 1. The Kier molecular flexibility index (Phi) is 5.75. The van der Waals surface area contributed by atoms with Gasteiger partial charge in [0.25, 0.3) is 0 Å². The molecule has 1 saturated heterocycles. The molecule has 1 N–H and O–H groups in total. The number of nitrogens with zero attached hydrogens (tertiary/aromatic N) is 1. The standard InChI is InChI=1S/C17H24F2N2O/c1-3-13(4-2)17(22)20-10-12-7-8-21(11-12)14-5-6-15(18)16(19)9-14/h5-6,9,12-13H,3-4,7-8,10-11H2,1-2H3,(H,20,22). The van der Waals surface area contributed by atoms with Gasteiger partial charge in [0.1, 0.15) is 0 Å². The third kappa shape index (κ3) is 3.96. The van der Waals surface area contributed by atoms with Gasteiger partial charge in [-0.3, -0.25) is 4.79 Å². The Bertz CT molecular complexity index is 517.